The molecule has 0 aromatic heterocycles. The van der Waals surface area contributed by atoms with Gasteiger partial charge in [0.25, 0.3) is 0 Å². The number of carbonyl (C=O) groups is 2. The lowest BCUT2D eigenvalue weighted by Gasteiger charge is -2.05. The number of hydrogen-bond donors (Lipinski definition) is 2. The zero-order valence-electron chi connectivity index (χ0n) is 7.37. The first kappa shape index (κ1) is 10.2. The van der Waals surface area contributed by atoms with Gasteiger partial charge < -0.3 is 10.4 Å². The Morgan fingerprint density at radius 3 is 2.64 bits per heavy atom. The molecule has 1 amide bonds. The number of benzene rings is 1. The summed E-state index contributed by atoms with van der Waals surface area (Å²) in [5.74, 6) is -3.32. The van der Waals surface area contributed by atoms with Crippen molar-refractivity contribution < 1.29 is 19.1 Å². The standard InChI is InChI=1S/C9H8FNO3/c1-5-2-3-6(10)4-7(5)11-8(12)9(13)14/h2-4H,1H3,(H,11,12)(H,13,14). The number of aliphatic carboxylic acids is 1. The van der Waals surface area contributed by atoms with Crippen LogP contribution < -0.4 is 5.32 Å². The monoisotopic (exact) mass is 197 g/mol. The van der Waals surface area contributed by atoms with E-state index in [4.69, 9.17) is 5.11 Å². The molecule has 0 atom stereocenters. The average molecular weight is 197 g/mol. The van der Waals surface area contributed by atoms with E-state index in [2.05, 4.69) is 5.32 Å². The molecular formula is C9H8FNO3. The summed E-state index contributed by atoms with van der Waals surface area (Å²) in [6, 6.07) is 3.74. The molecule has 0 bridgehead atoms. The average Bonchev–Trinajstić information content (AvgIpc) is 2.11. The number of aryl methyl sites for hydroxylation is 1. The molecule has 0 aliphatic rings. The van der Waals surface area contributed by atoms with Crippen molar-refractivity contribution in [1.29, 1.82) is 0 Å². The fourth-order valence-electron chi connectivity index (χ4n) is 0.905. The first-order valence-electron chi connectivity index (χ1n) is 3.81. The van der Waals surface area contributed by atoms with Crippen molar-refractivity contribution in [3.63, 3.8) is 0 Å². The predicted molar refractivity (Wildman–Crippen MR) is 47.4 cm³/mol. The predicted octanol–water partition coefficient (Wildman–Crippen LogP) is 1.16. The third-order valence-electron chi connectivity index (χ3n) is 1.64. The number of amides is 1. The van der Waals surface area contributed by atoms with Crippen LogP contribution in [0, 0.1) is 12.7 Å². The van der Waals surface area contributed by atoms with Gasteiger partial charge in [0.15, 0.2) is 0 Å². The number of carboxylic acids is 1. The molecule has 0 saturated heterocycles. The number of carboxylic acid groups (broad SMARTS) is 1. The summed E-state index contributed by atoms with van der Waals surface area (Å²) in [6.07, 6.45) is 0. The molecule has 0 saturated carbocycles. The number of carbonyl (C=O) groups excluding carboxylic acids is 1. The Bertz CT molecular complexity index is 390. The van der Waals surface area contributed by atoms with E-state index in [0.717, 1.165) is 6.07 Å². The van der Waals surface area contributed by atoms with Gasteiger partial charge in [-0.1, -0.05) is 6.07 Å². The maximum absolute atomic E-state index is 12.7. The van der Waals surface area contributed by atoms with Crippen LogP contribution in [-0.2, 0) is 9.59 Å². The highest BCUT2D eigenvalue weighted by Crippen LogP contribution is 2.15. The van der Waals surface area contributed by atoms with Crippen molar-refractivity contribution in [2.24, 2.45) is 0 Å². The van der Waals surface area contributed by atoms with Gasteiger partial charge in [0.1, 0.15) is 5.82 Å². The second-order valence-corrected chi connectivity index (χ2v) is 2.72. The SMILES string of the molecule is Cc1ccc(F)cc1NC(=O)C(=O)O. The van der Waals surface area contributed by atoms with Crippen LogP contribution >= 0.6 is 0 Å². The zero-order valence-corrected chi connectivity index (χ0v) is 7.37. The van der Waals surface area contributed by atoms with Gasteiger partial charge in [0, 0.05) is 5.69 Å². The minimum atomic E-state index is -1.60. The Hall–Kier alpha value is -1.91. The summed E-state index contributed by atoms with van der Waals surface area (Å²) >= 11 is 0. The molecule has 0 aliphatic heterocycles. The first-order valence-corrected chi connectivity index (χ1v) is 3.81. The van der Waals surface area contributed by atoms with Crippen LogP contribution in [0.4, 0.5) is 10.1 Å². The second kappa shape index (κ2) is 3.87. The summed E-state index contributed by atoms with van der Waals surface area (Å²) in [6.45, 7) is 1.64. The van der Waals surface area contributed by atoms with Crippen LogP contribution in [-0.4, -0.2) is 17.0 Å². The summed E-state index contributed by atoms with van der Waals surface area (Å²) in [5.41, 5.74) is 0.762. The van der Waals surface area contributed by atoms with E-state index in [9.17, 15) is 14.0 Å². The highest BCUT2D eigenvalue weighted by atomic mass is 19.1. The molecule has 0 aliphatic carbocycles. The minimum absolute atomic E-state index is 0.164. The molecule has 1 rings (SSSR count). The van der Waals surface area contributed by atoms with Crippen LogP contribution in [0.25, 0.3) is 0 Å². The molecule has 4 nitrogen and oxygen atoms in total. The molecule has 1 aromatic carbocycles. The smallest absolute Gasteiger partial charge is 0.394 e. The molecule has 2 N–H and O–H groups in total. The minimum Gasteiger partial charge on any atom is -0.474 e. The molecule has 0 heterocycles. The van der Waals surface area contributed by atoms with E-state index in [1.54, 1.807) is 6.92 Å². The van der Waals surface area contributed by atoms with Gasteiger partial charge in [-0.25, -0.2) is 9.18 Å². The molecule has 74 valence electrons. The van der Waals surface area contributed by atoms with Crippen molar-refractivity contribution in [3.8, 4) is 0 Å². The van der Waals surface area contributed by atoms with E-state index in [-0.39, 0.29) is 5.69 Å². The molecular weight excluding hydrogens is 189 g/mol. The van der Waals surface area contributed by atoms with Crippen molar-refractivity contribution in [2.45, 2.75) is 6.92 Å². The maximum atomic E-state index is 12.7. The molecule has 1 aromatic rings. The fourth-order valence-corrected chi connectivity index (χ4v) is 0.905. The van der Waals surface area contributed by atoms with Crippen LogP contribution in [0.1, 0.15) is 5.56 Å². The highest BCUT2D eigenvalue weighted by Gasteiger charge is 2.12. The molecule has 14 heavy (non-hydrogen) atoms. The van der Waals surface area contributed by atoms with Gasteiger partial charge >= 0.3 is 11.9 Å². The van der Waals surface area contributed by atoms with Crippen LogP contribution in [0.2, 0.25) is 0 Å². The van der Waals surface area contributed by atoms with E-state index in [1.165, 1.54) is 12.1 Å². The zero-order chi connectivity index (χ0) is 10.7. The number of nitrogens with one attached hydrogen (secondary N) is 1. The lowest BCUT2D eigenvalue weighted by Crippen LogP contribution is -2.22. The van der Waals surface area contributed by atoms with Gasteiger partial charge in [-0.3, -0.25) is 4.79 Å². The van der Waals surface area contributed by atoms with Crippen molar-refractivity contribution in [1.82, 2.24) is 0 Å². The highest BCUT2D eigenvalue weighted by molar-refractivity contribution is 6.36. The Morgan fingerprint density at radius 1 is 1.43 bits per heavy atom. The largest absolute Gasteiger partial charge is 0.474 e. The van der Waals surface area contributed by atoms with E-state index in [1.807, 2.05) is 0 Å². The van der Waals surface area contributed by atoms with Crippen molar-refractivity contribution in [3.05, 3.63) is 29.6 Å². The van der Waals surface area contributed by atoms with Gasteiger partial charge in [0.2, 0.25) is 0 Å². The van der Waals surface area contributed by atoms with Crippen LogP contribution in [0.3, 0.4) is 0 Å². The quantitative estimate of drug-likeness (QED) is 0.664. The summed E-state index contributed by atoms with van der Waals surface area (Å²) in [4.78, 5) is 20.9. The molecule has 0 spiro atoms. The van der Waals surface area contributed by atoms with E-state index < -0.39 is 17.7 Å². The van der Waals surface area contributed by atoms with Crippen molar-refractivity contribution >= 4 is 17.6 Å². The molecule has 0 radical (unpaired) electrons. The number of hydrogen-bond acceptors (Lipinski definition) is 2. The molecule has 5 heteroatoms. The third kappa shape index (κ3) is 2.29. The summed E-state index contributed by atoms with van der Waals surface area (Å²) in [5, 5.41) is 10.4. The molecule has 0 unspecified atom stereocenters. The fraction of sp³-hybridized carbons (Fsp3) is 0.111. The first-order chi connectivity index (χ1) is 6.50. The summed E-state index contributed by atoms with van der Waals surface area (Å²) < 4.78 is 12.7. The Morgan fingerprint density at radius 2 is 2.07 bits per heavy atom. The Labute approximate surface area is 79.4 Å². The number of halogens is 1. The van der Waals surface area contributed by atoms with E-state index in [0.29, 0.717) is 5.56 Å². The molecule has 0 fully saturated rings. The van der Waals surface area contributed by atoms with Gasteiger partial charge in [0.05, 0.1) is 0 Å². The lowest BCUT2D eigenvalue weighted by atomic mass is 10.2. The normalized spacial score (nSPS) is 9.57. The topological polar surface area (TPSA) is 66.4 Å². The second-order valence-electron chi connectivity index (χ2n) is 2.72. The third-order valence-corrected chi connectivity index (χ3v) is 1.64. The Balaban J connectivity index is 2.91. The summed E-state index contributed by atoms with van der Waals surface area (Å²) in [7, 11) is 0. The number of anilines is 1. The maximum Gasteiger partial charge on any atom is 0.394 e. The van der Waals surface area contributed by atoms with Crippen LogP contribution in [0.5, 0.6) is 0 Å². The van der Waals surface area contributed by atoms with Gasteiger partial charge in [-0.2, -0.15) is 0 Å². The van der Waals surface area contributed by atoms with Crippen LogP contribution in [0.15, 0.2) is 18.2 Å². The number of rotatable bonds is 1. The van der Waals surface area contributed by atoms with Crippen molar-refractivity contribution in [2.75, 3.05) is 5.32 Å². The Kier molecular flexibility index (Phi) is 2.81. The van der Waals surface area contributed by atoms with Gasteiger partial charge in [-0.05, 0) is 24.6 Å². The van der Waals surface area contributed by atoms with E-state index >= 15 is 0 Å². The van der Waals surface area contributed by atoms with Gasteiger partial charge in [-0.15, -0.1) is 0 Å². The lowest BCUT2D eigenvalue weighted by molar-refractivity contribution is -0.147.